The molecule has 0 aliphatic carbocycles. The number of anilines is 1. The fourth-order valence-corrected chi connectivity index (χ4v) is 2.71. The lowest BCUT2D eigenvalue weighted by Crippen LogP contribution is -2.40. The smallest absolute Gasteiger partial charge is 0.252 e. The molecule has 1 N–H and O–H groups in total. The van der Waals surface area contributed by atoms with Crippen molar-refractivity contribution in [2.24, 2.45) is 0 Å². The number of aryl methyl sites for hydroxylation is 1. The van der Waals surface area contributed by atoms with Crippen molar-refractivity contribution in [1.82, 2.24) is 4.90 Å². The van der Waals surface area contributed by atoms with E-state index in [1.807, 2.05) is 39.0 Å². The van der Waals surface area contributed by atoms with E-state index in [1.54, 1.807) is 0 Å². The number of amides is 2. The molecular weight excluding hydrogens is 320 g/mol. The quantitative estimate of drug-likeness (QED) is 0.858. The third-order valence-corrected chi connectivity index (χ3v) is 4.24. The van der Waals surface area contributed by atoms with Crippen LogP contribution in [-0.4, -0.2) is 28.8 Å². The van der Waals surface area contributed by atoms with Gasteiger partial charge in [0.2, 0.25) is 5.91 Å². The summed E-state index contributed by atoms with van der Waals surface area (Å²) < 4.78 is 0.946. The highest BCUT2D eigenvalue weighted by molar-refractivity contribution is 9.10. The first-order valence-corrected chi connectivity index (χ1v) is 7.62. The highest BCUT2D eigenvalue weighted by Gasteiger charge is 2.40. The average Bonchev–Trinajstić information content (AvgIpc) is 2.68. The SMILES string of the molecule is CCC(C)N1C(=O)CC(Nc2cc(Br)ccc2C)C1=O. The molecule has 1 saturated heterocycles. The number of rotatable bonds is 4. The van der Waals surface area contributed by atoms with Crippen molar-refractivity contribution < 1.29 is 9.59 Å². The van der Waals surface area contributed by atoms with Gasteiger partial charge in [-0.05, 0) is 38.0 Å². The minimum absolute atomic E-state index is 0.0367. The molecule has 20 heavy (non-hydrogen) atoms. The molecule has 0 spiro atoms. The van der Waals surface area contributed by atoms with Crippen LogP contribution in [0.15, 0.2) is 22.7 Å². The van der Waals surface area contributed by atoms with Crippen LogP contribution in [0.5, 0.6) is 0 Å². The molecule has 5 heteroatoms. The lowest BCUT2D eigenvalue weighted by Gasteiger charge is -2.22. The molecule has 1 aromatic rings. The number of carbonyl (C=O) groups is 2. The summed E-state index contributed by atoms with van der Waals surface area (Å²) in [5.41, 5.74) is 1.94. The number of hydrogen-bond acceptors (Lipinski definition) is 3. The molecule has 1 aliphatic rings. The lowest BCUT2D eigenvalue weighted by atomic mass is 10.1. The summed E-state index contributed by atoms with van der Waals surface area (Å²) in [6.45, 7) is 5.86. The van der Waals surface area contributed by atoms with Crippen LogP contribution < -0.4 is 5.32 Å². The van der Waals surface area contributed by atoms with E-state index >= 15 is 0 Å². The molecule has 2 rings (SSSR count). The van der Waals surface area contributed by atoms with Gasteiger partial charge in [-0.25, -0.2) is 0 Å². The van der Waals surface area contributed by atoms with Crippen LogP contribution in [0.25, 0.3) is 0 Å². The van der Waals surface area contributed by atoms with Gasteiger partial charge in [0.1, 0.15) is 6.04 Å². The highest BCUT2D eigenvalue weighted by Crippen LogP contribution is 2.25. The van der Waals surface area contributed by atoms with Gasteiger partial charge in [0.15, 0.2) is 0 Å². The Morgan fingerprint density at radius 3 is 2.80 bits per heavy atom. The van der Waals surface area contributed by atoms with Crippen molar-refractivity contribution in [1.29, 1.82) is 0 Å². The second kappa shape index (κ2) is 5.95. The maximum absolute atomic E-state index is 12.3. The number of carbonyl (C=O) groups excluding carboxylic acids is 2. The summed E-state index contributed by atoms with van der Waals surface area (Å²) in [5.74, 6) is -0.210. The number of nitrogens with zero attached hydrogens (tertiary/aromatic N) is 1. The van der Waals surface area contributed by atoms with Crippen LogP contribution in [0.2, 0.25) is 0 Å². The first kappa shape index (κ1) is 15.0. The fraction of sp³-hybridized carbons (Fsp3) is 0.467. The maximum atomic E-state index is 12.3. The van der Waals surface area contributed by atoms with Crippen molar-refractivity contribution in [2.45, 2.75) is 45.7 Å². The molecule has 2 atom stereocenters. The minimum Gasteiger partial charge on any atom is -0.373 e. The molecular formula is C15H19BrN2O2. The molecule has 0 radical (unpaired) electrons. The zero-order valence-corrected chi connectivity index (χ0v) is 13.5. The summed E-state index contributed by atoms with van der Waals surface area (Å²) in [6.07, 6.45) is 1.01. The molecule has 0 bridgehead atoms. The minimum atomic E-state index is -0.454. The number of likely N-dealkylation sites (tertiary alicyclic amines) is 1. The monoisotopic (exact) mass is 338 g/mol. The predicted octanol–water partition coefficient (Wildman–Crippen LogP) is 3.10. The molecule has 1 fully saturated rings. The van der Waals surface area contributed by atoms with Gasteiger partial charge in [-0.2, -0.15) is 0 Å². The molecule has 1 aromatic carbocycles. The van der Waals surface area contributed by atoms with Gasteiger partial charge in [0.05, 0.1) is 6.42 Å². The Labute approximate surface area is 127 Å². The van der Waals surface area contributed by atoms with E-state index in [-0.39, 0.29) is 24.3 Å². The largest absolute Gasteiger partial charge is 0.373 e. The standard InChI is InChI=1S/C15H19BrN2O2/c1-4-10(3)18-14(19)8-13(15(18)20)17-12-7-11(16)6-5-9(12)2/h5-7,10,13,17H,4,8H2,1-3H3. The number of nitrogens with one attached hydrogen (secondary N) is 1. The number of imide groups is 1. The van der Waals surface area contributed by atoms with Crippen molar-refractivity contribution in [3.05, 3.63) is 28.2 Å². The van der Waals surface area contributed by atoms with E-state index in [4.69, 9.17) is 0 Å². The Bertz CT molecular complexity index is 545. The third kappa shape index (κ3) is 2.87. The predicted molar refractivity (Wildman–Crippen MR) is 82.5 cm³/mol. The lowest BCUT2D eigenvalue weighted by molar-refractivity contribution is -0.140. The van der Waals surface area contributed by atoms with E-state index in [2.05, 4.69) is 21.2 Å². The number of benzene rings is 1. The van der Waals surface area contributed by atoms with Crippen LogP contribution in [0, 0.1) is 6.92 Å². The summed E-state index contributed by atoms with van der Waals surface area (Å²) in [7, 11) is 0. The molecule has 1 heterocycles. The second-order valence-corrected chi connectivity index (χ2v) is 6.14. The average molecular weight is 339 g/mol. The molecule has 108 valence electrons. The maximum Gasteiger partial charge on any atom is 0.252 e. The summed E-state index contributed by atoms with van der Waals surface area (Å²) >= 11 is 3.42. The normalized spacial score (nSPS) is 20.4. The van der Waals surface area contributed by atoms with E-state index in [0.29, 0.717) is 0 Å². The second-order valence-electron chi connectivity index (χ2n) is 5.22. The molecule has 2 unspecified atom stereocenters. The van der Waals surface area contributed by atoms with Gasteiger partial charge < -0.3 is 5.32 Å². The summed E-state index contributed by atoms with van der Waals surface area (Å²) in [4.78, 5) is 25.7. The van der Waals surface area contributed by atoms with Crippen molar-refractivity contribution >= 4 is 33.4 Å². The van der Waals surface area contributed by atoms with E-state index in [1.165, 1.54) is 4.90 Å². The summed E-state index contributed by atoms with van der Waals surface area (Å²) in [5, 5.41) is 3.20. The molecule has 2 amide bonds. The fourth-order valence-electron chi connectivity index (χ4n) is 2.35. The van der Waals surface area contributed by atoms with Gasteiger partial charge in [-0.1, -0.05) is 28.9 Å². The Morgan fingerprint density at radius 2 is 2.15 bits per heavy atom. The first-order chi connectivity index (χ1) is 9.43. The Balaban J connectivity index is 2.17. The zero-order chi connectivity index (χ0) is 14.9. The van der Waals surface area contributed by atoms with Gasteiger partial charge in [0, 0.05) is 16.2 Å². The molecule has 4 nitrogen and oxygen atoms in total. The van der Waals surface area contributed by atoms with E-state index < -0.39 is 6.04 Å². The number of halogens is 1. The molecule has 0 aromatic heterocycles. The Kier molecular flexibility index (Phi) is 4.48. The highest BCUT2D eigenvalue weighted by atomic mass is 79.9. The van der Waals surface area contributed by atoms with Gasteiger partial charge in [-0.15, -0.1) is 0 Å². The number of hydrogen-bond donors (Lipinski definition) is 1. The van der Waals surface area contributed by atoms with Crippen LogP contribution in [0.4, 0.5) is 5.69 Å². The third-order valence-electron chi connectivity index (χ3n) is 3.74. The van der Waals surface area contributed by atoms with Gasteiger partial charge in [-0.3, -0.25) is 14.5 Å². The molecule has 1 aliphatic heterocycles. The van der Waals surface area contributed by atoms with E-state index in [9.17, 15) is 9.59 Å². The molecule has 0 saturated carbocycles. The zero-order valence-electron chi connectivity index (χ0n) is 11.9. The van der Waals surface area contributed by atoms with E-state index in [0.717, 1.165) is 22.1 Å². The van der Waals surface area contributed by atoms with Crippen LogP contribution in [0.1, 0.15) is 32.3 Å². The van der Waals surface area contributed by atoms with Gasteiger partial charge in [0.25, 0.3) is 5.91 Å². The van der Waals surface area contributed by atoms with Crippen LogP contribution in [-0.2, 0) is 9.59 Å². The van der Waals surface area contributed by atoms with Crippen LogP contribution >= 0.6 is 15.9 Å². The van der Waals surface area contributed by atoms with Crippen LogP contribution in [0.3, 0.4) is 0 Å². The topological polar surface area (TPSA) is 49.4 Å². The van der Waals surface area contributed by atoms with Gasteiger partial charge >= 0.3 is 0 Å². The first-order valence-electron chi connectivity index (χ1n) is 6.82. The van der Waals surface area contributed by atoms with Crippen molar-refractivity contribution in [3.63, 3.8) is 0 Å². The Hall–Kier alpha value is -1.36. The summed E-state index contributed by atoms with van der Waals surface area (Å²) in [6, 6.07) is 5.36. The van der Waals surface area contributed by atoms with Crippen molar-refractivity contribution in [3.8, 4) is 0 Å². The van der Waals surface area contributed by atoms with Crippen molar-refractivity contribution in [2.75, 3.05) is 5.32 Å². The Morgan fingerprint density at radius 1 is 1.45 bits per heavy atom.